The molecule has 0 saturated carbocycles. The smallest absolute Gasteiger partial charge is 0.130 e. The molecule has 0 aliphatic carbocycles. The fraction of sp³-hybridized carbons (Fsp3) is 0.667. The lowest BCUT2D eigenvalue weighted by Crippen LogP contribution is -2.35. The van der Waals surface area contributed by atoms with E-state index in [4.69, 9.17) is 0 Å². The molecule has 0 bridgehead atoms. The first-order valence-corrected chi connectivity index (χ1v) is 8.35. The van der Waals surface area contributed by atoms with Gasteiger partial charge in [-0.2, -0.15) is 0 Å². The van der Waals surface area contributed by atoms with Gasteiger partial charge in [-0.15, -0.1) is 0 Å². The van der Waals surface area contributed by atoms with Crippen molar-refractivity contribution in [1.82, 2.24) is 5.32 Å². The molecule has 120 valence electrons. The minimum Gasteiger partial charge on any atom is -0.368 e. The summed E-state index contributed by atoms with van der Waals surface area (Å²) >= 11 is 0. The summed E-state index contributed by atoms with van der Waals surface area (Å²) < 4.78 is 14.4. The van der Waals surface area contributed by atoms with Gasteiger partial charge >= 0.3 is 0 Å². The third kappa shape index (κ3) is 4.70. The minimum atomic E-state index is -0.106. The molecule has 2 nitrogen and oxygen atoms in total. The number of nitrogens with zero attached hydrogens (tertiary/aromatic N) is 1. The number of rotatable bonds is 9. The number of unbranched alkanes of at least 4 members (excludes halogenated alkanes) is 1. The van der Waals surface area contributed by atoms with E-state index in [1.165, 1.54) is 0 Å². The Morgan fingerprint density at radius 3 is 2.48 bits per heavy atom. The van der Waals surface area contributed by atoms with Gasteiger partial charge in [-0.3, -0.25) is 0 Å². The molecule has 1 aromatic carbocycles. The number of hydrogen-bond acceptors (Lipinski definition) is 2. The topological polar surface area (TPSA) is 15.3 Å². The van der Waals surface area contributed by atoms with Crippen LogP contribution in [0.2, 0.25) is 0 Å². The second-order valence-electron chi connectivity index (χ2n) is 5.76. The Bertz CT molecular complexity index is 420. The molecule has 2 atom stereocenters. The average molecular weight is 294 g/mol. The van der Waals surface area contributed by atoms with Gasteiger partial charge in [0, 0.05) is 29.9 Å². The molecule has 3 heteroatoms. The highest BCUT2D eigenvalue weighted by molar-refractivity contribution is 5.56. The van der Waals surface area contributed by atoms with Crippen molar-refractivity contribution in [2.24, 2.45) is 0 Å². The van der Waals surface area contributed by atoms with Gasteiger partial charge in [0.25, 0.3) is 0 Å². The standard InChI is InChI=1S/C18H31FN2/c1-6-9-13-21(14(4)7-2)17-12-10-11-16(19)18(17)15(5)20-8-3/h10-12,14-15,20H,6-9,13H2,1-5H3. The first-order valence-electron chi connectivity index (χ1n) is 8.35. The third-order valence-corrected chi connectivity index (χ3v) is 4.16. The lowest BCUT2D eigenvalue weighted by Gasteiger charge is -2.34. The number of nitrogens with one attached hydrogen (secondary N) is 1. The lowest BCUT2D eigenvalue weighted by molar-refractivity contribution is 0.530. The normalized spacial score (nSPS) is 14.0. The van der Waals surface area contributed by atoms with Crippen molar-refractivity contribution >= 4 is 5.69 Å². The van der Waals surface area contributed by atoms with Crippen LogP contribution in [-0.4, -0.2) is 19.1 Å². The molecule has 0 aromatic heterocycles. The summed E-state index contributed by atoms with van der Waals surface area (Å²) in [7, 11) is 0. The second kappa shape index (κ2) is 9.04. The highest BCUT2D eigenvalue weighted by Crippen LogP contribution is 2.31. The fourth-order valence-corrected chi connectivity index (χ4v) is 2.74. The van der Waals surface area contributed by atoms with Gasteiger partial charge in [0.1, 0.15) is 5.82 Å². The molecule has 1 aromatic rings. The minimum absolute atomic E-state index is 0.0272. The van der Waals surface area contributed by atoms with E-state index in [0.29, 0.717) is 6.04 Å². The molecule has 1 N–H and O–H groups in total. The molecule has 2 unspecified atom stereocenters. The average Bonchev–Trinajstić information content (AvgIpc) is 2.47. The first-order chi connectivity index (χ1) is 10.1. The molecular weight excluding hydrogens is 263 g/mol. The van der Waals surface area contributed by atoms with Crippen molar-refractivity contribution in [3.8, 4) is 0 Å². The van der Waals surface area contributed by atoms with Gasteiger partial charge < -0.3 is 10.2 Å². The summed E-state index contributed by atoms with van der Waals surface area (Å²) in [5.41, 5.74) is 1.85. The molecule has 0 saturated heterocycles. The van der Waals surface area contributed by atoms with Gasteiger partial charge in [-0.1, -0.05) is 33.3 Å². The monoisotopic (exact) mass is 294 g/mol. The van der Waals surface area contributed by atoms with Gasteiger partial charge in [0.15, 0.2) is 0 Å². The highest BCUT2D eigenvalue weighted by Gasteiger charge is 2.21. The SMILES string of the molecule is CCCCN(c1cccc(F)c1C(C)NCC)C(C)CC. The Kier molecular flexibility index (Phi) is 7.73. The van der Waals surface area contributed by atoms with E-state index in [1.807, 2.05) is 13.0 Å². The Morgan fingerprint density at radius 2 is 1.90 bits per heavy atom. The largest absolute Gasteiger partial charge is 0.368 e. The maximum Gasteiger partial charge on any atom is 0.130 e. The van der Waals surface area contributed by atoms with E-state index >= 15 is 0 Å². The Hall–Kier alpha value is -1.09. The van der Waals surface area contributed by atoms with E-state index in [0.717, 1.165) is 43.6 Å². The van der Waals surface area contributed by atoms with Crippen LogP contribution < -0.4 is 10.2 Å². The van der Waals surface area contributed by atoms with Crippen molar-refractivity contribution in [3.63, 3.8) is 0 Å². The summed E-state index contributed by atoms with van der Waals surface area (Å²) in [6, 6.07) is 5.91. The number of halogens is 1. The third-order valence-electron chi connectivity index (χ3n) is 4.16. The number of benzene rings is 1. The van der Waals surface area contributed by atoms with Crippen LogP contribution in [0.3, 0.4) is 0 Å². The summed E-state index contributed by atoms with van der Waals surface area (Å²) in [4.78, 5) is 2.37. The van der Waals surface area contributed by atoms with Crippen LogP contribution in [0.25, 0.3) is 0 Å². The van der Waals surface area contributed by atoms with E-state index < -0.39 is 0 Å². The first kappa shape index (κ1) is 18.0. The zero-order chi connectivity index (χ0) is 15.8. The van der Waals surface area contributed by atoms with Crippen molar-refractivity contribution in [1.29, 1.82) is 0 Å². The fourth-order valence-electron chi connectivity index (χ4n) is 2.74. The van der Waals surface area contributed by atoms with E-state index in [1.54, 1.807) is 6.07 Å². The molecule has 0 radical (unpaired) electrons. The van der Waals surface area contributed by atoms with Crippen LogP contribution in [0.1, 0.15) is 65.5 Å². The van der Waals surface area contributed by atoms with E-state index in [9.17, 15) is 4.39 Å². The van der Waals surface area contributed by atoms with Crippen LogP contribution in [0, 0.1) is 5.82 Å². The quantitative estimate of drug-likeness (QED) is 0.697. The summed E-state index contributed by atoms with van der Waals surface area (Å²) in [5.74, 6) is -0.106. The van der Waals surface area contributed by atoms with Crippen molar-refractivity contribution < 1.29 is 4.39 Å². The van der Waals surface area contributed by atoms with Crippen LogP contribution >= 0.6 is 0 Å². The van der Waals surface area contributed by atoms with Crippen molar-refractivity contribution in [3.05, 3.63) is 29.6 Å². The second-order valence-corrected chi connectivity index (χ2v) is 5.76. The Balaban J connectivity index is 3.19. The summed E-state index contributed by atoms with van der Waals surface area (Å²) in [5, 5.41) is 3.34. The maximum absolute atomic E-state index is 14.4. The van der Waals surface area contributed by atoms with E-state index in [-0.39, 0.29) is 11.9 Å². The molecule has 0 heterocycles. The zero-order valence-electron chi connectivity index (χ0n) is 14.2. The molecule has 0 aliphatic heterocycles. The molecule has 0 spiro atoms. The number of anilines is 1. The maximum atomic E-state index is 14.4. The van der Waals surface area contributed by atoms with Crippen molar-refractivity contribution in [2.45, 2.75) is 66.0 Å². The van der Waals surface area contributed by atoms with Crippen LogP contribution in [-0.2, 0) is 0 Å². The molecule has 0 amide bonds. The van der Waals surface area contributed by atoms with Gasteiger partial charge in [-0.05, 0) is 45.4 Å². The van der Waals surface area contributed by atoms with Gasteiger partial charge in [0.2, 0.25) is 0 Å². The lowest BCUT2D eigenvalue weighted by atomic mass is 10.0. The molecule has 0 fully saturated rings. The van der Waals surface area contributed by atoms with Crippen molar-refractivity contribution in [2.75, 3.05) is 18.0 Å². The summed E-state index contributed by atoms with van der Waals surface area (Å²) in [6.07, 6.45) is 3.35. The molecular formula is C18H31FN2. The van der Waals surface area contributed by atoms with Crippen LogP contribution in [0.5, 0.6) is 0 Å². The Morgan fingerprint density at radius 1 is 1.19 bits per heavy atom. The molecule has 0 aliphatic rings. The number of hydrogen-bond donors (Lipinski definition) is 1. The van der Waals surface area contributed by atoms with Gasteiger partial charge in [-0.25, -0.2) is 4.39 Å². The van der Waals surface area contributed by atoms with Crippen LogP contribution in [0.15, 0.2) is 18.2 Å². The predicted molar refractivity (Wildman–Crippen MR) is 90.5 cm³/mol. The van der Waals surface area contributed by atoms with E-state index in [2.05, 4.69) is 44.0 Å². The zero-order valence-corrected chi connectivity index (χ0v) is 14.2. The predicted octanol–water partition coefficient (Wildman–Crippen LogP) is 4.90. The molecule has 1 rings (SSSR count). The molecule has 21 heavy (non-hydrogen) atoms. The van der Waals surface area contributed by atoms with Gasteiger partial charge in [0.05, 0.1) is 0 Å². The van der Waals surface area contributed by atoms with Crippen LogP contribution in [0.4, 0.5) is 10.1 Å². The highest BCUT2D eigenvalue weighted by atomic mass is 19.1. The summed E-state index contributed by atoms with van der Waals surface area (Å²) in [6.45, 7) is 12.5. The Labute approximate surface area is 129 Å².